The summed E-state index contributed by atoms with van der Waals surface area (Å²) in [5, 5.41) is 0. The van der Waals surface area contributed by atoms with Gasteiger partial charge in [0.2, 0.25) is 0 Å². The summed E-state index contributed by atoms with van der Waals surface area (Å²) in [6.45, 7) is 10.1. The van der Waals surface area contributed by atoms with Gasteiger partial charge in [-0.3, -0.25) is 4.98 Å². The first-order chi connectivity index (χ1) is 9.47. The Kier molecular flexibility index (Phi) is 5.11. The van der Waals surface area contributed by atoms with E-state index in [4.69, 9.17) is 5.73 Å². The van der Waals surface area contributed by atoms with Gasteiger partial charge in [-0.25, -0.2) is 4.39 Å². The minimum Gasteiger partial charge on any atom is -0.322 e. The molecule has 112 valence electrons. The summed E-state index contributed by atoms with van der Waals surface area (Å²) in [5.41, 5.74) is 7.03. The second-order valence-corrected chi connectivity index (χ2v) is 6.46. The van der Waals surface area contributed by atoms with E-state index in [1.807, 2.05) is 0 Å². The Morgan fingerprint density at radius 1 is 1.40 bits per heavy atom. The Bertz CT molecular complexity index is 418. The van der Waals surface area contributed by atoms with Gasteiger partial charge in [0, 0.05) is 13.1 Å². The Labute approximate surface area is 121 Å². The molecular weight excluding hydrogens is 253 g/mol. The lowest BCUT2D eigenvalue weighted by atomic mass is 9.95. The average molecular weight is 279 g/mol. The second kappa shape index (κ2) is 6.64. The molecule has 1 aliphatic rings. The highest BCUT2D eigenvalue weighted by molar-refractivity contribution is 5.10. The number of nitrogens with zero attached hydrogens (tertiary/aromatic N) is 2. The van der Waals surface area contributed by atoms with Crippen molar-refractivity contribution in [3.05, 3.63) is 29.8 Å². The van der Waals surface area contributed by atoms with Crippen molar-refractivity contribution < 1.29 is 4.39 Å². The van der Waals surface area contributed by atoms with Crippen LogP contribution < -0.4 is 5.73 Å². The van der Waals surface area contributed by atoms with E-state index in [9.17, 15) is 4.39 Å². The Morgan fingerprint density at radius 2 is 2.15 bits per heavy atom. The van der Waals surface area contributed by atoms with Gasteiger partial charge < -0.3 is 10.6 Å². The maximum atomic E-state index is 12.9. The Balaban J connectivity index is 1.88. The van der Waals surface area contributed by atoms with Crippen molar-refractivity contribution >= 4 is 0 Å². The summed E-state index contributed by atoms with van der Waals surface area (Å²) < 4.78 is 12.9. The van der Waals surface area contributed by atoms with E-state index < -0.39 is 0 Å². The monoisotopic (exact) mass is 279 g/mol. The smallest absolute Gasteiger partial charge is 0.141 e. The predicted molar refractivity (Wildman–Crippen MR) is 79.7 cm³/mol. The minimum absolute atomic E-state index is 0.131. The van der Waals surface area contributed by atoms with Crippen molar-refractivity contribution in [2.45, 2.75) is 33.2 Å². The molecule has 0 radical (unpaired) electrons. The number of nitrogens with two attached hydrogens (primary N) is 1. The molecule has 1 saturated heterocycles. The summed E-state index contributed by atoms with van der Waals surface area (Å²) in [6, 6.07) is 2.99. The number of halogens is 1. The van der Waals surface area contributed by atoms with Crippen molar-refractivity contribution in [2.24, 2.45) is 23.5 Å². The Morgan fingerprint density at radius 3 is 2.70 bits per heavy atom. The number of pyridine rings is 1. The predicted octanol–water partition coefficient (Wildman–Crippen LogP) is 2.83. The topological polar surface area (TPSA) is 42.1 Å². The normalized spacial score (nSPS) is 23.2. The van der Waals surface area contributed by atoms with Gasteiger partial charge in [-0.05, 0) is 42.9 Å². The number of hydrogen-bond donors (Lipinski definition) is 1. The van der Waals surface area contributed by atoms with Crippen LogP contribution in [0.5, 0.6) is 0 Å². The van der Waals surface area contributed by atoms with Crippen LogP contribution >= 0.6 is 0 Å². The fourth-order valence-electron chi connectivity index (χ4n) is 2.97. The molecule has 2 heterocycles. The van der Waals surface area contributed by atoms with E-state index in [0.29, 0.717) is 5.92 Å². The van der Waals surface area contributed by atoms with E-state index in [1.165, 1.54) is 25.2 Å². The van der Waals surface area contributed by atoms with Crippen LogP contribution in [-0.4, -0.2) is 29.5 Å². The van der Waals surface area contributed by atoms with Crippen LogP contribution in [0.2, 0.25) is 0 Å². The fraction of sp³-hybridized carbons (Fsp3) is 0.688. The molecule has 1 aromatic heterocycles. The molecular formula is C16H26FN3. The van der Waals surface area contributed by atoms with Crippen molar-refractivity contribution in [3.63, 3.8) is 0 Å². The molecule has 3 unspecified atom stereocenters. The number of rotatable bonds is 5. The highest BCUT2D eigenvalue weighted by Crippen LogP contribution is 2.26. The van der Waals surface area contributed by atoms with Gasteiger partial charge in [-0.15, -0.1) is 0 Å². The van der Waals surface area contributed by atoms with Gasteiger partial charge in [-0.1, -0.05) is 20.8 Å². The van der Waals surface area contributed by atoms with Gasteiger partial charge in [0.05, 0.1) is 17.9 Å². The Hall–Kier alpha value is -1.00. The van der Waals surface area contributed by atoms with Gasteiger partial charge >= 0.3 is 0 Å². The zero-order chi connectivity index (χ0) is 14.7. The van der Waals surface area contributed by atoms with Gasteiger partial charge in [0.25, 0.3) is 0 Å². The van der Waals surface area contributed by atoms with Crippen molar-refractivity contribution in [3.8, 4) is 0 Å². The van der Waals surface area contributed by atoms with Crippen molar-refractivity contribution in [1.29, 1.82) is 0 Å². The summed E-state index contributed by atoms with van der Waals surface area (Å²) in [4.78, 5) is 6.60. The summed E-state index contributed by atoms with van der Waals surface area (Å²) >= 11 is 0. The molecule has 20 heavy (non-hydrogen) atoms. The van der Waals surface area contributed by atoms with Crippen molar-refractivity contribution in [2.75, 3.05) is 19.6 Å². The molecule has 0 amide bonds. The largest absolute Gasteiger partial charge is 0.322 e. The van der Waals surface area contributed by atoms with Crippen LogP contribution in [0.3, 0.4) is 0 Å². The molecule has 1 fully saturated rings. The average Bonchev–Trinajstić information content (AvgIpc) is 2.87. The van der Waals surface area contributed by atoms with E-state index in [2.05, 4.69) is 30.7 Å². The zero-order valence-corrected chi connectivity index (χ0v) is 12.7. The lowest BCUT2D eigenvalue weighted by Gasteiger charge is -2.25. The van der Waals surface area contributed by atoms with E-state index in [1.54, 1.807) is 6.07 Å². The van der Waals surface area contributed by atoms with E-state index in [0.717, 1.165) is 30.6 Å². The third kappa shape index (κ3) is 3.76. The maximum Gasteiger partial charge on any atom is 0.141 e. The maximum absolute atomic E-state index is 12.9. The van der Waals surface area contributed by atoms with Gasteiger partial charge in [0.15, 0.2) is 0 Å². The summed E-state index contributed by atoms with van der Waals surface area (Å²) in [5.74, 6) is 1.57. The van der Waals surface area contributed by atoms with Crippen LogP contribution in [0.1, 0.15) is 38.9 Å². The van der Waals surface area contributed by atoms with E-state index in [-0.39, 0.29) is 11.9 Å². The standard InChI is InChI=1S/C16H26FN3/c1-11(2)13-6-7-20(10-13)9-12(3)16(18)15-5-4-14(17)8-19-15/h4-5,8,11-13,16H,6-7,9-10,18H2,1-3H3. The van der Waals surface area contributed by atoms with Crippen LogP contribution in [0.15, 0.2) is 18.3 Å². The first kappa shape index (κ1) is 15.4. The van der Waals surface area contributed by atoms with Crippen LogP contribution in [0.4, 0.5) is 4.39 Å². The number of aromatic nitrogens is 1. The van der Waals surface area contributed by atoms with Gasteiger partial charge in [0.1, 0.15) is 5.82 Å². The highest BCUT2D eigenvalue weighted by Gasteiger charge is 2.27. The van der Waals surface area contributed by atoms with Crippen LogP contribution in [0.25, 0.3) is 0 Å². The van der Waals surface area contributed by atoms with Crippen LogP contribution in [0, 0.1) is 23.6 Å². The SMILES string of the molecule is CC(C)C1CCN(CC(C)C(N)c2ccc(F)cn2)C1. The number of hydrogen-bond acceptors (Lipinski definition) is 3. The first-order valence-corrected chi connectivity index (χ1v) is 7.56. The molecule has 0 saturated carbocycles. The summed E-state index contributed by atoms with van der Waals surface area (Å²) in [6.07, 6.45) is 2.53. The third-order valence-electron chi connectivity index (χ3n) is 4.50. The molecule has 0 aliphatic carbocycles. The molecule has 3 nitrogen and oxygen atoms in total. The third-order valence-corrected chi connectivity index (χ3v) is 4.50. The second-order valence-electron chi connectivity index (χ2n) is 6.46. The molecule has 2 rings (SSSR count). The highest BCUT2D eigenvalue weighted by atomic mass is 19.1. The van der Waals surface area contributed by atoms with E-state index >= 15 is 0 Å². The minimum atomic E-state index is -0.312. The molecule has 0 bridgehead atoms. The van der Waals surface area contributed by atoms with Crippen molar-refractivity contribution in [1.82, 2.24) is 9.88 Å². The molecule has 1 aromatic rings. The number of likely N-dealkylation sites (tertiary alicyclic amines) is 1. The lowest BCUT2D eigenvalue weighted by molar-refractivity contribution is 0.247. The quantitative estimate of drug-likeness (QED) is 0.901. The lowest BCUT2D eigenvalue weighted by Crippen LogP contribution is -2.33. The zero-order valence-electron chi connectivity index (χ0n) is 12.7. The van der Waals surface area contributed by atoms with Crippen LogP contribution in [-0.2, 0) is 0 Å². The molecule has 3 atom stereocenters. The first-order valence-electron chi connectivity index (χ1n) is 7.56. The van der Waals surface area contributed by atoms with Gasteiger partial charge in [-0.2, -0.15) is 0 Å². The molecule has 4 heteroatoms. The fourth-order valence-corrected chi connectivity index (χ4v) is 2.97. The molecule has 0 spiro atoms. The molecule has 1 aliphatic heterocycles. The summed E-state index contributed by atoms with van der Waals surface area (Å²) in [7, 11) is 0. The molecule has 0 aromatic carbocycles. The molecule has 2 N–H and O–H groups in total.